The van der Waals surface area contributed by atoms with E-state index in [-0.39, 0.29) is 0 Å². The summed E-state index contributed by atoms with van der Waals surface area (Å²) in [5.74, 6) is 0. The molecule has 0 saturated carbocycles. The number of nitrogens with one attached hydrogen (secondary N) is 1. The van der Waals surface area contributed by atoms with Gasteiger partial charge in [0.1, 0.15) is 6.17 Å². The normalized spacial score (nSPS) is 27.6. The summed E-state index contributed by atoms with van der Waals surface area (Å²) >= 11 is 3.40. The molecule has 1 aliphatic rings. The lowest BCUT2D eigenvalue weighted by Gasteiger charge is -2.26. The second kappa shape index (κ2) is 4.41. The number of hydrogen-bond donors (Lipinski definition) is 1. The second-order valence-corrected chi connectivity index (χ2v) is 4.60. The van der Waals surface area contributed by atoms with E-state index < -0.39 is 6.17 Å². The van der Waals surface area contributed by atoms with Gasteiger partial charge < -0.3 is 5.32 Å². The highest BCUT2D eigenvalue weighted by atomic mass is 79.9. The number of alkyl halides is 1. The van der Waals surface area contributed by atoms with Gasteiger partial charge in [-0.1, -0.05) is 28.1 Å². The molecule has 76 valence electrons. The Hall–Kier alpha value is -0.410. The van der Waals surface area contributed by atoms with E-state index in [1.54, 1.807) is 0 Å². The van der Waals surface area contributed by atoms with Gasteiger partial charge in [-0.3, -0.25) is 0 Å². The van der Waals surface area contributed by atoms with Crippen LogP contribution in [0.3, 0.4) is 0 Å². The van der Waals surface area contributed by atoms with Crippen LogP contribution in [0.2, 0.25) is 0 Å². The summed E-state index contributed by atoms with van der Waals surface area (Å²) in [5, 5.41) is 3.21. The molecule has 1 saturated heterocycles. The molecule has 0 amide bonds. The van der Waals surface area contributed by atoms with E-state index in [9.17, 15) is 4.39 Å². The van der Waals surface area contributed by atoms with Crippen molar-refractivity contribution in [2.75, 3.05) is 6.54 Å². The van der Waals surface area contributed by atoms with E-state index >= 15 is 0 Å². The summed E-state index contributed by atoms with van der Waals surface area (Å²) in [4.78, 5) is 0. The highest BCUT2D eigenvalue weighted by Crippen LogP contribution is 2.25. The summed E-state index contributed by atoms with van der Waals surface area (Å²) in [7, 11) is 0. The summed E-state index contributed by atoms with van der Waals surface area (Å²) in [6, 6.07) is 8.55. The maximum Gasteiger partial charge on any atom is 0.113 e. The van der Waals surface area contributed by atoms with E-state index in [4.69, 9.17) is 0 Å². The topological polar surface area (TPSA) is 12.0 Å². The van der Waals surface area contributed by atoms with Gasteiger partial charge in [0.25, 0.3) is 0 Å². The molecule has 3 heteroatoms. The van der Waals surface area contributed by atoms with Crippen LogP contribution in [0.1, 0.15) is 24.4 Å². The molecule has 1 heterocycles. The van der Waals surface area contributed by atoms with Crippen molar-refractivity contribution in [1.82, 2.24) is 5.32 Å². The van der Waals surface area contributed by atoms with Gasteiger partial charge >= 0.3 is 0 Å². The first-order chi connectivity index (χ1) is 6.75. The van der Waals surface area contributed by atoms with Gasteiger partial charge in [0.15, 0.2) is 0 Å². The highest BCUT2D eigenvalue weighted by molar-refractivity contribution is 9.10. The van der Waals surface area contributed by atoms with Crippen LogP contribution in [0.4, 0.5) is 4.39 Å². The fourth-order valence-corrected chi connectivity index (χ4v) is 2.07. The van der Waals surface area contributed by atoms with Gasteiger partial charge in [0, 0.05) is 17.1 Å². The minimum Gasteiger partial charge on any atom is -0.307 e. The van der Waals surface area contributed by atoms with Gasteiger partial charge in [-0.2, -0.15) is 0 Å². The van der Waals surface area contributed by atoms with Crippen molar-refractivity contribution >= 4 is 15.9 Å². The molecule has 1 aromatic rings. The number of halogens is 2. The molecule has 0 spiro atoms. The highest BCUT2D eigenvalue weighted by Gasteiger charge is 2.20. The van der Waals surface area contributed by atoms with Gasteiger partial charge in [0.05, 0.1) is 0 Å². The van der Waals surface area contributed by atoms with Crippen molar-refractivity contribution in [2.24, 2.45) is 0 Å². The first-order valence-corrected chi connectivity index (χ1v) is 5.68. The molecule has 0 aromatic heterocycles. The lowest BCUT2D eigenvalue weighted by Crippen LogP contribution is -2.34. The van der Waals surface area contributed by atoms with Gasteiger partial charge in [-0.15, -0.1) is 0 Å². The maximum atomic E-state index is 12.9. The Morgan fingerprint density at radius 2 is 1.93 bits per heavy atom. The van der Waals surface area contributed by atoms with Gasteiger partial charge in [-0.25, -0.2) is 4.39 Å². The van der Waals surface area contributed by atoms with Crippen molar-refractivity contribution in [3.05, 3.63) is 34.3 Å². The first-order valence-electron chi connectivity index (χ1n) is 4.88. The van der Waals surface area contributed by atoms with Crippen LogP contribution in [0.15, 0.2) is 28.7 Å². The van der Waals surface area contributed by atoms with E-state index in [0.29, 0.717) is 19.0 Å². The van der Waals surface area contributed by atoms with Crippen molar-refractivity contribution in [1.29, 1.82) is 0 Å². The predicted molar refractivity (Wildman–Crippen MR) is 59.0 cm³/mol. The Bertz CT molecular complexity index is 291. The Balaban J connectivity index is 2.05. The quantitative estimate of drug-likeness (QED) is 0.815. The molecule has 1 aromatic carbocycles. The monoisotopic (exact) mass is 257 g/mol. The average molecular weight is 258 g/mol. The Kier molecular flexibility index (Phi) is 3.19. The van der Waals surface area contributed by atoms with Crippen LogP contribution in [-0.4, -0.2) is 12.7 Å². The van der Waals surface area contributed by atoms with Crippen LogP contribution >= 0.6 is 15.9 Å². The van der Waals surface area contributed by atoms with Crippen LogP contribution < -0.4 is 5.32 Å². The van der Waals surface area contributed by atoms with E-state index in [0.717, 1.165) is 10.9 Å². The molecule has 1 aliphatic heterocycles. The molecule has 0 aliphatic carbocycles. The fourth-order valence-electron chi connectivity index (χ4n) is 1.80. The third-order valence-electron chi connectivity index (χ3n) is 2.63. The smallest absolute Gasteiger partial charge is 0.113 e. The van der Waals surface area contributed by atoms with Crippen molar-refractivity contribution < 1.29 is 4.39 Å². The number of piperidine rings is 1. The SMILES string of the molecule is FC1CCC(c2ccc(Br)cc2)NC1. The standard InChI is InChI=1S/C11H13BrFN/c12-9-3-1-8(2-4-9)11-6-5-10(13)7-14-11/h1-4,10-11,14H,5-7H2. The fraction of sp³-hybridized carbons (Fsp3) is 0.455. The van der Waals surface area contributed by atoms with Crippen LogP contribution in [0, 0.1) is 0 Å². The molecular weight excluding hydrogens is 245 g/mol. The molecule has 1 fully saturated rings. The number of benzene rings is 1. The molecule has 2 rings (SSSR count). The average Bonchev–Trinajstić information content (AvgIpc) is 2.21. The Morgan fingerprint density at radius 1 is 1.21 bits per heavy atom. The summed E-state index contributed by atoms with van der Waals surface area (Å²) < 4.78 is 14.0. The summed E-state index contributed by atoms with van der Waals surface area (Å²) in [6.07, 6.45) is 0.901. The Morgan fingerprint density at radius 3 is 2.50 bits per heavy atom. The molecule has 0 bridgehead atoms. The molecule has 2 atom stereocenters. The summed E-state index contributed by atoms with van der Waals surface area (Å²) in [5.41, 5.74) is 1.25. The van der Waals surface area contributed by atoms with Crippen molar-refractivity contribution in [3.8, 4) is 0 Å². The maximum absolute atomic E-state index is 12.9. The predicted octanol–water partition coefficient (Wildman–Crippen LogP) is 3.21. The minimum absolute atomic E-state index is 0.329. The van der Waals surface area contributed by atoms with E-state index in [1.165, 1.54) is 5.56 Å². The minimum atomic E-state index is -0.665. The Labute approximate surface area is 91.8 Å². The second-order valence-electron chi connectivity index (χ2n) is 3.69. The van der Waals surface area contributed by atoms with Crippen LogP contribution in [0.5, 0.6) is 0 Å². The van der Waals surface area contributed by atoms with Gasteiger partial charge in [0.2, 0.25) is 0 Å². The zero-order valence-electron chi connectivity index (χ0n) is 7.84. The first kappa shape index (κ1) is 10.1. The number of rotatable bonds is 1. The van der Waals surface area contributed by atoms with E-state index in [2.05, 4.69) is 33.4 Å². The molecule has 14 heavy (non-hydrogen) atoms. The van der Waals surface area contributed by atoms with Crippen molar-refractivity contribution in [2.45, 2.75) is 25.1 Å². The number of hydrogen-bond acceptors (Lipinski definition) is 1. The van der Waals surface area contributed by atoms with Crippen molar-refractivity contribution in [3.63, 3.8) is 0 Å². The van der Waals surface area contributed by atoms with Gasteiger partial charge in [-0.05, 0) is 30.5 Å². The molecule has 0 radical (unpaired) electrons. The lowest BCUT2D eigenvalue weighted by atomic mass is 9.97. The molecule has 1 nitrogen and oxygen atoms in total. The molecular formula is C11H13BrFN. The zero-order valence-corrected chi connectivity index (χ0v) is 9.43. The van der Waals surface area contributed by atoms with Crippen LogP contribution in [0.25, 0.3) is 0 Å². The molecule has 2 unspecified atom stereocenters. The largest absolute Gasteiger partial charge is 0.307 e. The summed E-state index contributed by atoms with van der Waals surface area (Å²) in [6.45, 7) is 0.487. The van der Waals surface area contributed by atoms with Crippen LogP contribution in [-0.2, 0) is 0 Å². The third-order valence-corrected chi connectivity index (χ3v) is 3.16. The molecule has 1 N–H and O–H groups in total. The van der Waals surface area contributed by atoms with E-state index in [1.807, 2.05) is 12.1 Å². The lowest BCUT2D eigenvalue weighted by molar-refractivity contribution is 0.234. The third kappa shape index (κ3) is 2.34. The zero-order chi connectivity index (χ0) is 9.97.